The summed E-state index contributed by atoms with van der Waals surface area (Å²) in [5.74, 6) is -2.55. The fourth-order valence-electron chi connectivity index (χ4n) is 2.80. The topological polar surface area (TPSA) is 169 Å². The molecule has 0 amide bonds. The van der Waals surface area contributed by atoms with Crippen molar-refractivity contribution in [2.75, 3.05) is 26.4 Å². The molecule has 4 N–H and O–H groups in total. The van der Waals surface area contributed by atoms with Gasteiger partial charge in [-0.15, -0.1) is 0 Å². The van der Waals surface area contributed by atoms with Crippen molar-refractivity contribution in [2.45, 2.75) is 26.1 Å². The molecule has 0 fully saturated rings. The monoisotopic (exact) mass is 530 g/mol. The van der Waals surface area contributed by atoms with Crippen molar-refractivity contribution in [2.24, 2.45) is 0 Å². The third-order valence-corrected chi connectivity index (χ3v) is 4.82. The molecule has 0 radical (unpaired) electrons. The molecule has 2 aromatic carbocycles. The first kappa shape index (κ1) is 29.9. The van der Waals surface area contributed by atoms with Crippen molar-refractivity contribution >= 4 is 17.7 Å². The highest BCUT2D eigenvalue weighted by Crippen LogP contribution is 2.30. The predicted molar refractivity (Wildman–Crippen MR) is 134 cm³/mol. The lowest BCUT2D eigenvalue weighted by Crippen LogP contribution is -2.25. The van der Waals surface area contributed by atoms with E-state index in [0.29, 0.717) is 0 Å². The molecule has 11 heteroatoms. The summed E-state index contributed by atoms with van der Waals surface area (Å²) in [6.45, 7) is 8.69. The molecular weight excluding hydrogens is 500 g/mol. The Bertz CT molecular complexity index is 1110. The summed E-state index contributed by atoms with van der Waals surface area (Å²) in [5.41, 5.74) is 0.141. The van der Waals surface area contributed by atoms with E-state index in [-0.39, 0.29) is 60.2 Å². The lowest BCUT2D eigenvalue weighted by atomic mass is 10.0. The number of ether oxygens (including phenoxy) is 4. The number of hydrogen-bond acceptors (Lipinski definition) is 11. The second-order valence-corrected chi connectivity index (χ2v) is 8.37. The van der Waals surface area contributed by atoms with Gasteiger partial charge in [-0.3, -0.25) is 4.79 Å². The molecule has 0 aliphatic rings. The van der Waals surface area contributed by atoms with Crippen LogP contribution in [0.25, 0.3) is 0 Å². The highest BCUT2D eigenvalue weighted by Gasteiger charge is 2.19. The standard InChI is InChI=1S/C27H30O11/c1-15(2)26(33)37-13-17(28)11-35-19-5-7-21(23(30)9-19)25(32)22-8-6-20(10-24(22)31)36-12-18(29)14-38-27(34)16(3)4/h5-10,17-18,28-31H,1,3,11-14H2,2,4H3. The summed E-state index contributed by atoms with van der Waals surface area (Å²) in [6, 6.07) is 7.67. The first-order valence-corrected chi connectivity index (χ1v) is 11.4. The molecule has 0 heterocycles. The fourth-order valence-corrected chi connectivity index (χ4v) is 2.80. The maximum atomic E-state index is 12.9. The lowest BCUT2D eigenvalue weighted by molar-refractivity contribution is -0.143. The third-order valence-electron chi connectivity index (χ3n) is 4.82. The van der Waals surface area contributed by atoms with E-state index in [1.807, 2.05) is 0 Å². The average molecular weight is 531 g/mol. The Morgan fingerprint density at radius 1 is 0.711 bits per heavy atom. The van der Waals surface area contributed by atoms with Gasteiger partial charge in [-0.25, -0.2) is 9.59 Å². The molecule has 0 aliphatic carbocycles. The van der Waals surface area contributed by atoms with E-state index >= 15 is 0 Å². The molecule has 2 unspecified atom stereocenters. The van der Waals surface area contributed by atoms with Crippen LogP contribution in [0.4, 0.5) is 0 Å². The quantitative estimate of drug-likeness (QED) is 0.160. The van der Waals surface area contributed by atoms with E-state index < -0.39 is 41.4 Å². The Morgan fingerprint density at radius 3 is 1.39 bits per heavy atom. The van der Waals surface area contributed by atoms with Gasteiger partial charge < -0.3 is 39.4 Å². The number of benzene rings is 2. The highest BCUT2D eigenvalue weighted by molar-refractivity contribution is 6.12. The summed E-state index contributed by atoms with van der Waals surface area (Å²) >= 11 is 0. The van der Waals surface area contributed by atoms with Crippen LogP contribution in [-0.4, -0.2) is 76.8 Å². The van der Waals surface area contributed by atoms with E-state index in [1.165, 1.54) is 38.1 Å². The molecule has 0 aromatic heterocycles. The summed E-state index contributed by atoms with van der Waals surface area (Å²) in [7, 11) is 0. The minimum absolute atomic E-state index is 0.119. The van der Waals surface area contributed by atoms with E-state index in [1.54, 1.807) is 0 Å². The molecule has 204 valence electrons. The van der Waals surface area contributed by atoms with Gasteiger partial charge in [0.15, 0.2) is 5.78 Å². The van der Waals surface area contributed by atoms with Crippen LogP contribution in [0.5, 0.6) is 23.0 Å². The normalized spacial score (nSPS) is 12.1. The summed E-state index contributed by atoms with van der Waals surface area (Å²) in [5, 5.41) is 40.4. The number of ketones is 1. The van der Waals surface area contributed by atoms with Gasteiger partial charge in [0, 0.05) is 23.3 Å². The minimum Gasteiger partial charge on any atom is -0.507 e. The number of aliphatic hydroxyl groups excluding tert-OH is 2. The number of aliphatic hydroxyl groups is 2. The summed E-state index contributed by atoms with van der Waals surface area (Å²) < 4.78 is 20.4. The van der Waals surface area contributed by atoms with Crippen molar-refractivity contribution in [3.05, 3.63) is 71.8 Å². The number of hydrogen-bond donors (Lipinski definition) is 4. The number of carbonyl (C=O) groups excluding carboxylic acids is 3. The van der Waals surface area contributed by atoms with Crippen molar-refractivity contribution < 1.29 is 53.8 Å². The van der Waals surface area contributed by atoms with Crippen LogP contribution in [0.15, 0.2) is 60.7 Å². The largest absolute Gasteiger partial charge is 0.507 e. The minimum atomic E-state index is -1.13. The molecular formula is C27H30O11. The van der Waals surface area contributed by atoms with E-state index in [2.05, 4.69) is 13.2 Å². The molecule has 0 bridgehead atoms. The predicted octanol–water partition coefficient (Wildman–Crippen LogP) is 2.05. The van der Waals surface area contributed by atoms with Crippen molar-refractivity contribution in [3.8, 4) is 23.0 Å². The van der Waals surface area contributed by atoms with Crippen LogP contribution < -0.4 is 9.47 Å². The van der Waals surface area contributed by atoms with Gasteiger partial charge in [0.2, 0.25) is 0 Å². The van der Waals surface area contributed by atoms with Crippen LogP contribution in [-0.2, 0) is 19.1 Å². The van der Waals surface area contributed by atoms with Gasteiger partial charge in [0.05, 0.1) is 11.1 Å². The highest BCUT2D eigenvalue weighted by atomic mass is 16.6. The van der Waals surface area contributed by atoms with Crippen LogP contribution in [0.2, 0.25) is 0 Å². The zero-order chi connectivity index (χ0) is 28.4. The molecule has 0 spiro atoms. The van der Waals surface area contributed by atoms with Crippen molar-refractivity contribution in [1.82, 2.24) is 0 Å². The maximum Gasteiger partial charge on any atom is 0.333 e. The van der Waals surface area contributed by atoms with Crippen LogP contribution in [0.1, 0.15) is 29.8 Å². The smallest absolute Gasteiger partial charge is 0.333 e. The molecule has 2 aromatic rings. The van der Waals surface area contributed by atoms with Gasteiger partial charge >= 0.3 is 11.9 Å². The summed E-state index contributed by atoms with van der Waals surface area (Å²) in [6.07, 6.45) is -2.26. The number of carbonyl (C=O) groups is 3. The SMILES string of the molecule is C=C(C)C(=O)OCC(O)COc1ccc(C(=O)c2ccc(OCC(O)COC(=O)C(=C)C)cc2O)c(O)c1. The van der Waals surface area contributed by atoms with Gasteiger partial charge in [-0.2, -0.15) is 0 Å². The number of phenols is 2. The van der Waals surface area contributed by atoms with E-state index in [0.717, 1.165) is 12.1 Å². The van der Waals surface area contributed by atoms with E-state index in [9.17, 15) is 34.8 Å². The lowest BCUT2D eigenvalue weighted by Gasteiger charge is -2.14. The Balaban J connectivity index is 1.95. The van der Waals surface area contributed by atoms with Gasteiger partial charge in [0.1, 0.15) is 61.6 Å². The summed E-state index contributed by atoms with van der Waals surface area (Å²) in [4.78, 5) is 35.6. The van der Waals surface area contributed by atoms with Gasteiger partial charge in [-0.05, 0) is 38.1 Å². The second kappa shape index (κ2) is 13.8. The molecule has 0 saturated carbocycles. The Labute approximate surface area is 219 Å². The Hall–Kier alpha value is -4.35. The first-order valence-electron chi connectivity index (χ1n) is 11.4. The van der Waals surface area contributed by atoms with Crippen LogP contribution >= 0.6 is 0 Å². The number of aromatic hydroxyl groups is 2. The second-order valence-electron chi connectivity index (χ2n) is 8.37. The van der Waals surface area contributed by atoms with E-state index in [4.69, 9.17) is 18.9 Å². The molecule has 2 rings (SSSR count). The third kappa shape index (κ3) is 8.95. The molecule has 0 saturated heterocycles. The van der Waals surface area contributed by atoms with Crippen LogP contribution in [0, 0.1) is 0 Å². The fraction of sp³-hybridized carbons (Fsp3) is 0.296. The zero-order valence-corrected chi connectivity index (χ0v) is 21.0. The number of phenolic OH excluding ortho intramolecular Hbond substituents is 2. The number of esters is 2. The maximum absolute atomic E-state index is 12.9. The first-order chi connectivity index (χ1) is 17.9. The average Bonchev–Trinajstić information content (AvgIpc) is 2.87. The Morgan fingerprint density at radius 2 is 1.08 bits per heavy atom. The van der Waals surface area contributed by atoms with Crippen LogP contribution in [0.3, 0.4) is 0 Å². The molecule has 2 atom stereocenters. The molecule has 0 aliphatic heterocycles. The van der Waals surface area contributed by atoms with Gasteiger partial charge in [-0.1, -0.05) is 13.2 Å². The number of rotatable bonds is 14. The molecule has 11 nitrogen and oxygen atoms in total. The van der Waals surface area contributed by atoms with Gasteiger partial charge in [0.25, 0.3) is 0 Å². The molecule has 38 heavy (non-hydrogen) atoms. The zero-order valence-electron chi connectivity index (χ0n) is 21.0. The van der Waals surface area contributed by atoms with Crippen molar-refractivity contribution in [3.63, 3.8) is 0 Å². The van der Waals surface area contributed by atoms with Crippen molar-refractivity contribution in [1.29, 1.82) is 0 Å². The Kier molecular flexibility index (Phi) is 10.9.